The summed E-state index contributed by atoms with van der Waals surface area (Å²) in [7, 11) is 1.63. The fourth-order valence-corrected chi connectivity index (χ4v) is 2.93. The van der Waals surface area contributed by atoms with E-state index in [-0.39, 0.29) is 30.1 Å². The summed E-state index contributed by atoms with van der Waals surface area (Å²) in [4.78, 5) is 28.4. The number of halogens is 1. The van der Waals surface area contributed by atoms with Crippen LogP contribution >= 0.6 is 12.4 Å². The second kappa shape index (κ2) is 10.8. The predicted molar refractivity (Wildman–Crippen MR) is 88.7 cm³/mol. The molecule has 2 aliphatic heterocycles. The van der Waals surface area contributed by atoms with Crippen LogP contribution in [0.2, 0.25) is 0 Å². The van der Waals surface area contributed by atoms with Crippen molar-refractivity contribution in [3.05, 3.63) is 0 Å². The van der Waals surface area contributed by atoms with Gasteiger partial charge in [0.1, 0.15) is 0 Å². The van der Waals surface area contributed by atoms with Gasteiger partial charge in [0.25, 0.3) is 0 Å². The van der Waals surface area contributed by atoms with Crippen LogP contribution in [0.15, 0.2) is 0 Å². The van der Waals surface area contributed by atoms with Crippen molar-refractivity contribution in [2.75, 3.05) is 66.2 Å². The maximum Gasteiger partial charge on any atom is 0.236 e. The van der Waals surface area contributed by atoms with Crippen LogP contribution in [-0.2, 0) is 19.1 Å². The predicted octanol–water partition coefficient (Wildman–Crippen LogP) is -0.258. The highest BCUT2D eigenvalue weighted by atomic mass is 35.5. The first-order chi connectivity index (χ1) is 10.7. The molecule has 2 heterocycles. The van der Waals surface area contributed by atoms with Gasteiger partial charge in [-0.2, -0.15) is 0 Å². The fraction of sp³-hybridized carbons (Fsp3) is 0.867. The number of carbonyl (C=O) groups is 2. The van der Waals surface area contributed by atoms with Gasteiger partial charge in [-0.1, -0.05) is 0 Å². The zero-order valence-electron chi connectivity index (χ0n) is 13.8. The molecular weight excluding hydrogens is 322 g/mol. The van der Waals surface area contributed by atoms with Gasteiger partial charge < -0.3 is 24.6 Å². The van der Waals surface area contributed by atoms with Crippen LogP contribution in [0.5, 0.6) is 0 Å². The Hall–Kier alpha value is -0.890. The standard InChI is InChI=1S/C15H27N3O4.ClH/c1-21-8-4-16-11-14(19)18-5-2-3-13(12-18)15(20)17-6-9-22-10-7-17;/h13,16H,2-12H2,1H3;1H. The van der Waals surface area contributed by atoms with Crippen molar-refractivity contribution in [1.29, 1.82) is 0 Å². The van der Waals surface area contributed by atoms with Crippen LogP contribution in [0, 0.1) is 5.92 Å². The van der Waals surface area contributed by atoms with E-state index in [0.29, 0.717) is 52.5 Å². The maximum absolute atomic E-state index is 12.5. The van der Waals surface area contributed by atoms with Crippen LogP contribution in [0.1, 0.15) is 12.8 Å². The third-order valence-electron chi connectivity index (χ3n) is 4.21. The molecule has 0 aromatic rings. The number of morpholine rings is 1. The second-order valence-electron chi connectivity index (χ2n) is 5.79. The number of rotatable bonds is 6. The normalized spacial score (nSPS) is 21.7. The van der Waals surface area contributed by atoms with Crippen molar-refractivity contribution in [3.8, 4) is 0 Å². The molecule has 7 nitrogen and oxygen atoms in total. The highest BCUT2D eigenvalue weighted by Gasteiger charge is 2.31. The molecule has 0 bridgehead atoms. The third-order valence-corrected chi connectivity index (χ3v) is 4.21. The average molecular weight is 350 g/mol. The van der Waals surface area contributed by atoms with Crippen LogP contribution in [0.3, 0.4) is 0 Å². The summed E-state index contributed by atoms with van der Waals surface area (Å²) in [6.45, 7) is 5.41. The average Bonchev–Trinajstić information content (AvgIpc) is 2.59. The first kappa shape index (κ1) is 20.2. The van der Waals surface area contributed by atoms with Crippen molar-refractivity contribution in [1.82, 2.24) is 15.1 Å². The van der Waals surface area contributed by atoms with E-state index in [0.717, 1.165) is 19.4 Å². The lowest BCUT2D eigenvalue weighted by atomic mass is 9.96. The number of methoxy groups -OCH3 is 1. The highest BCUT2D eigenvalue weighted by molar-refractivity contribution is 5.85. The Kier molecular flexibility index (Phi) is 9.47. The number of carbonyl (C=O) groups excluding carboxylic acids is 2. The van der Waals surface area contributed by atoms with Crippen molar-refractivity contribution in [2.24, 2.45) is 5.92 Å². The summed E-state index contributed by atoms with van der Waals surface area (Å²) in [5.41, 5.74) is 0. The van der Waals surface area contributed by atoms with Gasteiger partial charge in [-0.15, -0.1) is 12.4 Å². The summed E-state index contributed by atoms with van der Waals surface area (Å²) >= 11 is 0. The minimum absolute atomic E-state index is 0. The smallest absolute Gasteiger partial charge is 0.236 e. The molecule has 0 aliphatic carbocycles. The van der Waals surface area contributed by atoms with Gasteiger partial charge in [-0.25, -0.2) is 0 Å². The number of nitrogens with zero attached hydrogens (tertiary/aromatic N) is 2. The number of nitrogens with one attached hydrogen (secondary N) is 1. The van der Waals surface area contributed by atoms with Crippen molar-refractivity contribution in [2.45, 2.75) is 12.8 Å². The molecule has 2 rings (SSSR count). The monoisotopic (exact) mass is 349 g/mol. The van der Waals surface area contributed by atoms with E-state index in [9.17, 15) is 9.59 Å². The number of ether oxygens (including phenoxy) is 2. The molecule has 8 heteroatoms. The quantitative estimate of drug-likeness (QED) is 0.669. The second-order valence-corrected chi connectivity index (χ2v) is 5.79. The summed E-state index contributed by atoms with van der Waals surface area (Å²) in [5.74, 6) is 0.179. The third kappa shape index (κ3) is 6.25. The fourth-order valence-electron chi connectivity index (χ4n) is 2.93. The molecule has 1 N–H and O–H groups in total. The van der Waals surface area contributed by atoms with E-state index in [1.807, 2.05) is 9.80 Å². The molecule has 23 heavy (non-hydrogen) atoms. The minimum Gasteiger partial charge on any atom is -0.383 e. The Morgan fingerprint density at radius 1 is 1.22 bits per heavy atom. The van der Waals surface area contributed by atoms with Gasteiger partial charge in [0.15, 0.2) is 0 Å². The SMILES string of the molecule is COCCNCC(=O)N1CCCC(C(=O)N2CCOCC2)C1.Cl. The van der Waals surface area contributed by atoms with Crippen molar-refractivity contribution in [3.63, 3.8) is 0 Å². The van der Waals surface area contributed by atoms with Gasteiger partial charge >= 0.3 is 0 Å². The Morgan fingerprint density at radius 3 is 2.65 bits per heavy atom. The number of hydrogen-bond donors (Lipinski definition) is 1. The Labute approximate surface area is 144 Å². The van der Waals surface area contributed by atoms with Gasteiger partial charge in [0.05, 0.1) is 32.3 Å². The van der Waals surface area contributed by atoms with E-state index in [2.05, 4.69) is 5.32 Å². The van der Waals surface area contributed by atoms with Crippen LogP contribution in [0.25, 0.3) is 0 Å². The molecular formula is C15H28ClN3O4. The summed E-state index contributed by atoms with van der Waals surface area (Å²) in [6, 6.07) is 0. The lowest BCUT2D eigenvalue weighted by molar-refractivity contribution is -0.143. The van der Waals surface area contributed by atoms with Gasteiger partial charge in [0, 0.05) is 39.8 Å². The molecule has 134 valence electrons. The summed E-state index contributed by atoms with van der Waals surface area (Å²) < 4.78 is 10.2. The zero-order valence-corrected chi connectivity index (χ0v) is 14.6. The molecule has 0 aromatic carbocycles. The number of likely N-dealkylation sites (tertiary alicyclic amines) is 1. The first-order valence-electron chi connectivity index (χ1n) is 8.06. The van der Waals surface area contributed by atoms with Gasteiger partial charge in [-0.05, 0) is 12.8 Å². The molecule has 0 saturated carbocycles. The molecule has 1 unspecified atom stereocenters. The van der Waals surface area contributed by atoms with E-state index in [4.69, 9.17) is 9.47 Å². The lowest BCUT2D eigenvalue weighted by Gasteiger charge is -2.36. The summed E-state index contributed by atoms with van der Waals surface area (Å²) in [5, 5.41) is 3.06. The molecule has 2 saturated heterocycles. The van der Waals surface area contributed by atoms with E-state index in [1.54, 1.807) is 7.11 Å². The highest BCUT2D eigenvalue weighted by Crippen LogP contribution is 2.19. The Balaban J connectivity index is 0.00000264. The van der Waals surface area contributed by atoms with Crippen molar-refractivity contribution < 1.29 is 19.1 Å². The van der Waals surface area contributed by atoms with Gasteiger partial charge in [-0.3, -0.25) is 9.59 Å². The zero-order chi connectivity index (χ0) is 15.8. The lowest BCUT2D eigenvalue weighted by Crippen LogP contribution is -2.50. The number of amides is 2. The maximum atomic E-state index is 12.5. The first-order valence-corrected chi connectivity index (χ1v) is 8.06. The Morgan fingerprint density at radius 2 is 1.96 bits per heavy atom. The number of piperidine rings is 1. The number of hydrogen-bond acceptors (Lipinski definition) is 5. The molecule has 2 amide bonds. The van der Waals surface area contributed by atoms with Crippen LogP contribution in [-0.4, -0.2) is 87.8 Å². The minimum atomic E-state index is -0.0604. The largest absolute Gasteiger partial charge is 0.383 e. The molecule has 0 spiro atoms. The van der Waals surface area contributed by atoms with Crippen LogP contribution < -0.4 is 5.32 Å². The molecule has 2 aliphatic rings. The Bertz CT molecular complexity index is 378. The van der Waals surface area contributed by atoms with Gasteiger partial charge in [0.2, 0.25) is 11.8 Å². The van der Waals surface area contributed by atoms with E-state index < -0.39 is 0 Å². The topological polar surface area (TPSA) is 71.1 Å². The van der Waals surface area contributed by atoms with E-state index in [1.165, 1.54) is 0 Å². The summed E-state index contributed by atoms with van der Waals surface area (Å²) in [6.07, 6.45) is 1.77. The molecule has 2 fully saturated rings. The molecule has 0 aromatic heterocycles. The molecule has 0 radical (unpaired) electrons. The molecule has 1 atom stereocenters. The van der Waals surface area contributed by atoms with Crippen molar-refractivity contribution >= 4 is 24.2 Å². The van der Waals surface area contributed by atoms with E-state index >= 15 is 0 Å². The van der Waals surface area contributed by atoms with Crippen LogP contribution in [0.4, 0.5) is 0 Å².